The third-order valence-corrected chi connectivity index (χ3v) is 4.17. The summed E-state index contributed by atoms with van der Waals surface area (Å²) in [4.78, 5) is 12.3. The predicted octanol–water partition coefficient (Wildman–Crippen LogP) is 4.14. The Kier molecular flexibility index (Phi) is 7.01. The molecule has 0 saturated carbocycles. The van der Waals surface area contributed by atoms with Crippen LogP contribution in [0, 0.1) is 0 Å². The zero-order valence-corrected chi connectivity index (χ0v) is 14.4. The number of ether oxygens (including phenoxy) is 1. The number of nitrogens with one attached hydrogen (secondary N) is 1. The SMILES string of the molecule is CC(C)Oc1ccccc1C(=O)NCCSCc1ccccc1. The van der Waals surface area contributed by atoms with E-state index in [4.69, 9.17) is 4.74 Å². The number of hydrogen-bond donors (Lipinski definition) is 1. The number of para-hydroxylation sites is 1. The van der Waals surface area contributed by atoms with Crippen LogP contribution in [0.4, 0.5) is 0 Å². The van der Waals surface area contributed by atoms with Crippen LogP contribution in [-0.4, -0.2) is 24.3 Å². The largest absolute Gasteiger partial charge is 0.490 e. The van der Waals surface area contributed by atoms with E-state index in [0.717, 1.165) is 11.5 Å². The Balaban J connectivity index is 1.77. The summed E-state index contributed by atoms with van der Waals surface area (Å²) in [6.07, 6.45) is 0.0466. The van der Waals surface area contributed by atoms with Crippen molar-refractivity contribution in [2.45, 2.75) is 25.7 Å². The molecule has 0 spiro atoms. The van der Waals surface area contributed by atoms with E-state index in [1.807, 2.05) is 62.0 Å². The molecule has 2 aromatic rings. The third-order valence-electron chi connectivity index (χ3n) is 3.14. The van der Waals surface area contributed by atoms with Crippen molar-refractivity contribution in [3.63, 3.8) is 0 Å². The molecule has 1 N–H and O–H groups in total. The second-order valence-corrected chi connectivity index (χ2v) is 6.56. The van der Waals surface area contributed by atoms with Gasteiger partial charge < -0.3 is 10.1 Å². The first-order valence-corrected chi connectivity index (χ1v) is 8.98. The van der Waals surface area contributed by atoms with Gasteiger partial charge in [-0.3, -0.25) is 4.79 Å². The summed E-state index contributed by atoms with van der Waals surface area (Å²) in [5.74, 6) is 2.40. The fourth-order valence-electron chi connectivity index (χ4n) is 2.11. The Morgan fingerprint density at radius 3 is 2.52 bits per heavy atom. The molecule has 0 aromatic heterocycles. The molecule has 0 aliphatic heterocycles. The number of carbonyl (C=O) groups excluding carboxylic acids is 1. The maximum Gasteiger partial charge on any atom is 0.255 e. The predicted molar refractivity (Wildman–Crippen MR) is 97.1 cm³/mol. The molecule has 2 rings (SSSR count). The summed E-state index contributed by atoms with van der Waals surface area (Å²) >= 11 is 1.81. The summed E-state index contributed by atoms with van der Waals surface area (Å²) in [5.41, 5.74) is 1.90. The van der Waals surface area contributed by atoms with E-state index in [-0.39, 0.29) is 12.0 Å². The second-order valence-electron chi connectivity index (χ2n) is 5.46. The van der Waals surface area contributed by atoms with Crippen LogP contribution >= 0.6 is 11.8 Å². The molecule has 0 unspecified atom stereocenters. The number of rotatable bonds is 8. The van der Waals surface area contributed by atoms with Gasteiger partial charge in [0.2, 0.25) is 0 Å². The van der Waals surface area contributed by atoms with Crippen molar-refractivity contribution in [2.24, 2.45) is 0 Å². The smallest absolute Gasteiger partial charge is 0.255 e. The van der Waals surface area contributed by atoms with Crippen molar-refractivity contribution in [1.82, 2.24) is 5.32 Å². The molecule has 0 heterocycles. The van der Waals surface area contributed by atoms with E-state index in [2.05, 4.69) is 17.4 Å². The first-order chi connectivity index (χ1) is 11.2. The van der Waals surface area contributed by atoms with Gasteiger partial charge in [-0.1, -0.05) is 42.5 Å². The highest BCUT2D eigenvalue weighted by molar-refractivity contribution is 7.98. The fraction of sp³-hybridized carbons (Fsp3) is 0.316. The minimum absolute atomic E-state index is 0.0466. The number of thioether (sulfide) groups is 1. The van der Waals surface area contributed by atoms with E-state index < -0.39 is 0 Å². The first-order valence-electron chi connectivity index (χ1n) is 7.82. The lowest BCUT2D eigenvalue weighted by atomic mass is 10.2. The quantitative estimate of drug-likeness (QED) is 0.740. The zero-order chi connectivity index (χ0) is 16.5. The van der Waals surface area contributed by atoms with Gasteiger partial charge in [0.05, 0.1) is 11.7 Å². The summed E-state index contributed by atoms with van der Waals surface area (Å²) in [5, 5.41) is 2.96. The summed E-state index contributed by atoms with van der Waals surface area (Å²) in [6.45, 7) is 4.55. The number of hydrogen-bond acceptors (Lipinski definition) is 3. The molecule has 122 valence electrons. The van der Waals surface area contributed by atoms with Crippen molar-refractivity contribution in [3.8, 4) is 5.75 Å². The highest BCUT2D eigenvalue weighted by Gasteiger charge is 2.12. The van der Waals surface area contributed by atoms with E-state index in [9.17, 15) is 4.79 Å². The zero-order valence-electron chi connectivity index (χ0n) is 13.6. The maximum absolute atomic E-state index is 12.3. The standard InChI is InChI=1S/C19H23NO2S/c1-15(2)22-18-11-7-6-10-17(18)19(21)20-12-13-23-14-16-8-4-3-5-9-16/h3-11,15H,12-14H2,1-2H3,(H,20,21). The minimum atomic E-state index is -0.0819. The molecule has 0 aliphatic carbocycles. The van der Waals surface area contributed by atoms with Gasteiger partial charge in [0.25, 0.3) is 5.91 Å². The Morgan fingerprint density at radius 1 is 1.09 bits per heavy atom. The molecule has 0 aliphatic rings. The minimum Gasteiger partial charge on any atom is -0.490 e. The van der Waals surface area contributed by atoms with E-state index in [1.165, 1.54) is 5.56 Å². The molecule has 2 aromatic carbocycles. The van der Waals surface area contributed by atoms with E-state index in [0.29, 0.717) is 17.9 Å². The number of carbonyl (C=O) groups is 1. The molecule has 0 bridgehead atoms. The van der Waals surface area contributed by atoms with Crippen molar-refractivity contribution < 1.29 is 9.53 Å². The van der Waals surface area contributed by atoms with Crippen LogP contribution in [0.25, 0.3) is 0 Å². The highest BCUT2D eigenvalue weighted by Crippen LogP contribution is 2.19. The van der Waals surface area contributed by atoms with Crippen molar-refractivity contribution in [1.29, 1.82) is 0 Å². The second kappa shape index (κ2) is 9.26. The number of benzene rings is 2. The summed E-state index contributed by atoms with van der Waals surface area (Å²) in [7, 11) is 0. The van der Waals surface area contributed by atoms with Crippen LogP contribution < -0.4 is 10.1 Å². The molecule has 0 saturated heterocycles. The highest BCUT2D eigenvalue weighted by atomic mass is 32.2. The third kappa shape index (κ3) is 5.99. The Morgan fingerprint density at radius 2 is 1.78 bits per heavy atom. The van der Waals surface area contributed by atoms with Crippen LogP contribution in [0.1, 0.15) is 29.8 Å². The van der Waals surface area contributed by atoms with Gasteiger partial charge >= 0.3 is 0 Å². The molecule has 0 radical (unpaired) electrons. The molecule has 23 heavy (non-hydrogen) atoms. The van der Waals surface area contributed by atoms with Crippen LogP contribution in [0.2, 0.25) is 0 Å². The summed E-state index contributed by atoms with van der Waals surface area (Å²) in [6, 6.07) is 17.7. The lowest BCUT2D eigenvalue weighted by Crippen LogP contribution is -2.26. The lowest BCUT2D eigenvalue weighted by Gasteiger charge is -2.14. The van der Waals surface area contributed by atoms with Gasteiger partial charge in [-0.05, 0) is 31.5 Å². The maximum atomic E-state index is 12.3. The number of amides is 1. The van der Waals surface area contributed by atoms with Gasteiger partial charge in [0.15, 0.2) is 0 Å². The van der Waals surface area contributed by atoms with Gasteiger partial charge in [0.1, 0.15) is 5.75 Å². The average Bonchev–Trinajstić information content (AvgIpc) is 2.55. The topological polar surface area (TPSA) is 38.3 Å². The lowest BCUT2D eigenvalue weighted by molar-refractivity contribution is 0.0950. The molecule has 3 nitrogen and oxygen atoms in total. The van der Waals surface area contributed by atoms with Crippen molar-refractivity contribution in [2.75, 3.05) is 12.3 Å². The Hall–Kier alpha value is -1.94. The monoisotopic (exact) mass is 329 g/mol. The first kappa shape index (κ1) is 17.4. The van der Waals surface area contributed by atoms with Crippen molar-refractivity contribution in [3.05, 3.63) is 65.7 Å². The normalized spacial score (nSPS) is 10.6. The van der Waals surface area contributed by atoms with Gasteiger partial charge in [-0.15, -0.1) is 0 Å². The molecule has 4 heteroatoms. The molecule has 0 atom stereocenters. The molecule has 0 fully saturated rings. The van der Waals surface area contributed by atoms with E-state index in [1.54, 1.807) is 6.07 Å². The van der Waals surface area contributed by atoms with Crippen molar-refractivity contribution >= 4 is 17.7 Å². The Bertz CT molecular complexity index is 614. The molecular weight excluding hydrogens is 306 g/mol. The summed E-state index contributed by atoms with van der Waals surface area (Å²) < 4.78 is 5.69. The van der Waals surface area contributed by atoms with Crippen LogP contribution in [0.15, 0.2) is 54.6 Å². The Labute approximate surface area is 142 Å². The molecular formula is C19H23NO2S. The van der Waals surface area contributed by atoms with Crippen LogP contribution in [0.3, 0.4) is 0 Å². The van der Waals surface area contributed by atoms with Gasteiger partial charge in [0, 0.05) is 18.1 Å². The van der Waals surface area contributed by atoms with Gasteiger partial charge in [-0.25, -0.2) is 0 Å². The van der Waals surface area contributed by atoms with Gasteiger partial charge in [-0.2, -0.15) is 11.8 Å². The fourth-order valence-corrected chi connectivity index (χ4v) is 2.93. The van der Waals surface area contributed by atoms with Crippen LogP contribution in [0.5, 0.6) is 5.75 Å². The molecule has 1 amide bonds. The van der Waals surface area contributed by atoms with Crippen LogP contribution in [-0.2, 0) is 5.75 Å². The average molecular weight is 329 g/mol. The van der Waals surface area contributed by atoms with E-state index >= 15 is 0 Å².